The van der Waals surface area contributed by atoms with Crippen LogP contribution in [0.5, 0.6) is 11.5 Å². The Morgan fingerprint density at radius 3 is 2.76 bits per heavy atom. The maximum Gasteiger partial charge on any atom is 0.305 e. The van der Waals surface area contributed by atoms with Crippen LogP contribution in [0.1, 0.15) is 17.5 Å². The number of aromatic hydroxyl groups is 1. The van der Waals surface area contributed by atoms with E-state index in [9.17, 15) is 9.90 Å². The zero-order chi connectivity index (χ0) is 12.8. The number of aliphatic imine (C=N–C) groups is 1. The van der Waals surface area contributed by atoms with Gasteiger partial charge in [0, 0.05) is 24.4 Å². The van der Waals surface area contributed by atoms with E-state index in [2.05, 4.69) is 4.99 Å². The number of carboxylic acids is 1. The number of hydrogen-bond acceptors (Lipinski definition) is 4. The van der Waals surface area contributed by atoms with Gasteiger partial charge in [0.1, 0.15) is 11.5 Å². The number of rotatable bonds is 5. The predicted octanol–water partition coefficient (Wildman–Crippen LogP) is 1.60. The molecule has 0 aromatic heterocycles. The number of carbonyl (C=O) groups is 1. The highest BCUT2D eigenvalue weighted by atomic mass is 16.5. The highest BCUT2D eigenvalue weighted by Crippen LogP contribution is 2.25. The molecule has 2 N–H and O–H groups in total. The number of nitrogens with zero attached hydrogens (tertiary/aromatic N) is 1. The minimum atomic E-state index is -0.891. The number of hydrogen-bond donors (Lipinski definition) is 2. The summed E-state index contributed by atoms with van der Waals surface area (Å²) < 4.78 is 5.01. The first-order chi connectivity index (χ1) is 8.04. The van der Waals surface area contributed by atoms with E-state index in [1.165, 1.54) is 19.4 Å². The predicted molar refractivity (Wildman–Crippen MR) is 64.1 cm³/mol. The van der Waals surface area contributed by atoms with Gasteiger partial charge in [0.2, 0.25) is 0 Å². The van der Waals surface area contributed by atoms with Crippen molar-refractivity contribution in [1.29, 1.82) is 0 Å². The number of aryl methyl sites for hydroxylation is 1. The van der Waals surface area contributed by atoms with Crippen LogP contribution < -0.4 is 4.74 Å². The molecular weight excluding hydrogens is 222 g/mol. The number of ether oxygens (including phenoxy) is 1. The van der Waals surface area contributed by atoms with Crippen molar-refractivity contribution in [3.05, 3.63) is 23.3 Å². The summed E-state index contributed by atoms with van der Waals surface area (Å²) in [7, 11) is 1.52. The molecule has 0 aliphatic carbocycles. The molecule has 5 heteroatoms. The summed E-state index contributed by atoms with van der Waals surface area (Å²) in [6.45, 7) is 2.01. The van der Waals surface area contributed by atoms with Gasteiger partial charge in [-0.1, -0.05) is 0 Å². The summed E-state index contributed by atoms with van der Waals surface area (Å²) in [5.41, 5.74) is 1.40. The van der Waals surface area contributed by atoms with Gasteiger partial charge in [0.15, 0.2) is 0 Å². The number of aliphatic carboxylic acids is 1. The van der Waals surface area contributed by atoms with Crippen molar-refractivity contribution >= 4 is 12.2 Å². The SMILES string of the molecule is COc1cc(C)c(C=NCCC(=O)O)c(O)c1. The molecule has 1 aromatic carbocycles. The van der Waals surface area contributed by atoms with Crippen molar-refractivity contribution in [3.8, 4) is 11.5 Å². The first-order valence-electron chi connectivity index (χ1n) is 5.14. The van der Waals surface area contributed by atoms with E-state index in [0.717, 1.165) is 5.56 Å². The molecule has 0 spiro atoms. The monoisotopic (exact) mass is 237 g/mol. The molecule has 0 fully saturated rings. The lowest BCUT2D eigenvalue weighted by molar-refractivity contribution is -0.136. The second-order valence-electron chi connectivity index (χ2n) is 3.56. The molecule has 0 aliphatic heterocycles. The van der Waals surface area contributed by atoms with Gasteiger partial charge < -0.3 is 14.9 Å². The Morgan fingerprint density at radius 1 is 1.53 bits per heavy atom. The van der Waals surface area contributed by atoms with E-state index >= 15 is 0 Å². The first-order valence-corrected chi connectivity index (χ1v) is 5.14. The van der Waals surface area contributed by atoms with Gasteiger partial charge in [0.05, 0.1) is 13.5 Å². The van der Waals surface area contributed by atoms with E-state index in [1.54, 1.807) is 6.07 Å². The second kappa shape index (κ2) is 5.89. The Kier molecular flexibility index (Phi) is 4.51. The summed E-state index contributed by atoms with van der Waals surface area (Å²) >= 11 is 0. The van der Waals surface area contributed by atoms with E-state index in [1.807, 2.05) is 6.92 Å². The van der Waals surface area contributed by atoms with E-state index in [-0.39, 0.29) is 18.7 Å². The number of phenols is 1. The highest BCUT2D eigenvalue weighted by molar-refractivity contribution is 5.86. The maximum atomic E-state index is 10.3. The van der Waals surface area contributed by atoms with Crippen LogP contribution >= 0.6 is 0 Å². The van der Waals surface area contributed by atoms with E-state index in [0.29, 0.717) is 11.3 Å². The summed E-state index contributed by atoms with van der Waals surface area (Å²) in [6.07, 6.45) is 1.46. The average molecular weight is 237 g/mol. The van der Waals surface area contributed by atoms with Crippen molar-refractivity contribution in [2.45, 2.75) is 13.3 Å². The topological polar surface area (TPSA) is 79.1 Å². The van der Waals surface area contributed by atoms with Gasteiger partial charge in [0.25, 0.3) is 0 Å². The van der Waals surface area contributed by atoms with E-state index < -0.39 is 5.97 Å². The van der Waals surface area contributed by atoms with Crippen LogP contribution in [0.4, 0.5) is 0 Å². The third kappa shape index (κ3) is 3.79. The second-order valence-corrected chi connectivity index (χ2v) is 3.56. The third-order valence-electron chi connectivity index (χ3n) is 2.25. The normalized spacial score (nSPS) is 10.7. The van der Waals surface area contributed by atoms with Crippen LogP contribution in [-0.4, -0.2) is 36.1 Å². The Bertz CT molecular complexity index is 417. The number of phenolic OH excluding ortho intramolecular Hbond substituents is 1. The van der Waals surface area contributed by atoms with Gasteiger partial charge in [-0.15, -0.1) is 0 Å². The summed E-state index contributed by atoms with van der Waals surface area (Å²) in [4.78, 5) is 14.2. The average Bonchev–Trinajstić information content (AvgIpc) is 2.26. The molecular formula is C12H15NO4. The van der Waals surface area contributed by atoms with Crippen LogP contribution in [0.15, 0.2) is 17.1 Å². The largest absolute Gasteiger partial charge is 0.507 e. The van der Waals surface area contributed by atoms with Gasteiger partial charge in [-0.3, -0.25) is 9.79 Å². The van der Waals surface area contributed by atoms with Gasteiger partial charge in [-0.25, -0.2) is 0 Å². The molecule has 17 heavy (non-hydrogen) atoms. The van der Waals surface area contributed by atoms with Crippen LogP contribution in [0.3, 0.4) is 0 Å². The van der Waals surface area contributed by atoms with Gasteiger partial charge in [-0.05, 0) is 18.6 Å². The van der Waals surface area contributed by atoms with Crippen molar-refractivity contribution in [2.24, 2.45) is 4.99 Å². The summed E-state index contributed by atoms with van der Waals surface area (Å²) in [5.74, 6) is -0.249. The lowest BCUT2D eigenvalue weighted by atomic mass is 10.1. The molecule has 0 saturated carbocycles. The molecule has 0 radical (unpaired) electrons. The molecule has 0 saturated heterocycles. The fraction of sp³-hybridized carbons (Fsp3) is 0.333. The number of carboxylic acid groups (broad SMARTS) is 1. The zero-order valence-electron chi connectivity index (χ0n) is 9.80. The van der Waals surface area contributed by atoms with Crippen molar-refractivity contribution < 1.29 is 19.7 Å². The quantitative estimate of drug-likeness (QED) is 0.762. The third-order valence-corrected chi connectivity index (χ3v) is 2.25. The number of methoxy groups -OCH3 is 1. The lowest BCUT2D eigenvalue weighted by Gasteiger charge is -2.06. The molecule has 0 aliphatic rings. The molecule has 0 heterocycles. The molecule has 1 rings (SSSR count). The molecule has 0 unspecified atom stereocenters. The molecule has 1 aromatic rings. The lowest BCUT2D eigenvalue weighted by Crippen LogP contribution is -1.97. The van der Waals surface area contributed by atoms with Gasteiger partial charge in [-0.2, -0.15) is 0 Å². The van der Waals surface area contributed by atoms with Crippen molar-refractivity contribution in [3.63, 3.8) is 0 Å². The van der Waals surface area contributed by atoms with Crippen molar-refractivity contribution in [1.82, 2.24) is 0 Å². The minimum Gasteiger partial charge on any atom is -0.507 e. The molecule has 0 bridgehead atoms. The fourth-order valence-corrected chi connectivity index (χ4v) is 1.35. The van der Waals surface area contributed by atoms with Crippen LogP contribution in [0, 0.1) is 6.92 Å². The Morgan fingerprint density at radius 2 is 2.24 bits per heavy atom. The minimum absolute atomic E-state index is 0.0214. The fourth-order valence-electron chi connectivity index (χ4n) is 1.35. The molecule has 0 atom stereocenters. The maximum absolute atomic E-state index is 10.3. The smallest absolute Gasteiger partial charge is 0.305 e. The highest BCUT2D eigenvalue weighted by Gasteiger charge is 2.05. The summed E-state index contributed by atoms with van der Waals surface area (Å²) in [6, 6.07) is 3.27. The van der Waals surface area contributed by atoms with Gasteiger partial charge >= 0.3 is 5.97 Å². The first kappa shape index (κ1) is 13.0. The zero-order valence-corrected chi connectivity index (χ0v) is 9.80. The van der Waals surface area contributed by atoms with Crippen molar-refractivity contribution in [2.75, 3.05) is 13.7 Å². The Hall–Kier alpha value is -2.04. The van der Waals surface area contributed by atoms with Crippen LogP contribution in [0.25, 0.3) is 0 Å². The molecule has 0 amide bonds. The standard InChI is InChI=1S/C12H15NO4/c1-8-5-9(17-2)6-11(14)10(8)7-13-4-3-12(15)16/h5-7,14H,3-4H2,1-2H3,(H,15,16). The number of benzene rings is 1. The molecule has 92 valence electrons. The Labute approximate surface area is 99.4 Å². The Balaban J connectivity index is 2.80. The summed E-state index contributed by atoms with van der Waals surface area (Å²) in [5, 5.41) is 18.2. The van der Waals surface area contributed by atoms with Crippen LogP contribution in [-0.2, 0) is 4.79 Å². The van der Waals surface area contributed by atoms with E-state index in [4.69, 9.17) is 9.84 Å². The molecule has 5 nitrogen and oxygen atoms in total. The van der Waals surface area contributed by atoms with Crippen LogP contribution in [0.2, 0.25) is 0 Å².